The standard InChI is InChI=1S/C17H23F3N2O/c1-12-8-16(17(18,19)20)5-4-15(12)11-21(3)9-14-6-7-22(10-14)13(2)23/h4-5,8,14H,6-7,9-11H2,1-3H3/t14-/m1/s1. The second-order valence-corrected chi connectivity index (χ2v) is 6.46. The molecular weight excluding hydrogens is 305 g/mol. The van der Waals surface area contributed by atoms with Gasteiger partial charge in [-0.1, -0.05) is 6.07 Å². The summed E-state index contributed by atoms with van der Waals surface area (Å²) in [5, 5.41) is 0. The zero-order valence-electron chi connectivity index (χ0n) is 13.8. The highest BCUT2D eigenvalue weighted by Crippen LogP contribution is 2.30. The lowest BCUT2D eigenvalue weighted by atomic mass is 10.0. The van der Waals surface area contributed by atoms with Gasteiger partial charge >= 0.3 is 6.18 Å². The van der Waals surface area contributed by atoms with Gasteiger partial charge in [0.1, 0.15) is 0 Å². The quantitative estimate of drug-likeness (QED) is 0.846. The van der Waals surface area contributed by atoms with E-state index in [2.05, 4.69) is 4.90 Å². The van der Waals surface area contributed by atoms with Crippen LogP contribution in [0.5, 0.6) is 0 Å². The van der Waals surface area contributed by atoms with Crippen LogP contribution in [0.3, 0.4) is 0 Å². The fraction of sp³-hybridized carbons (Fsp3) is 0.588. The van der Waals surface area contributed by atoms with E-state index in [9.17, 15) is 18.0 Å². The molecule has 0 aromatic heterocycles. The van der Waals surface area contributed by atoms with Crippen molar-refractivity contribution in [2.45, 2.75) is 33.0 Å². The Labute approximate surface area is 135 Å². The molecular formula is C17H23F3N2O. The smallest absolute Gasteiger partial charge is 0.343 e. The van der Waals surface area contributed by atoms with Crippen LogP contribution in [0, 0.1) is 12.8 Å². The van der Waals surface area contributed by atoms with E-state index >= 15 is 0 Å². The largest absolute Gasteiger partial charge is 0.416 e. The summed E-state index contributed by atoms with van der Waals surface area (Å²) in [6, 6.07) is 3.91. The Morgan fingerprint density at radius 3 is 2.61 bits per heavy atom. The molecule has 0 saturated carbocycles. The molecule has 1 aromatic carbocycles. The number of carbonyl (C=O) groups is 1. The summed E-state index contributed by atoms with van der Waals surface area (Å²) in [5.74, 6) is 0.535. The van der Waals surface area contributed by atoms with Crippen LogP contribution in [0.15, 0.2) is 18.2 Å². The fourth-order valence-corrected chi connectivity index (χ4v) is 3.11. The number of halogens is 3. The number of amides is 1. The highest BCUT2D eigenvalue weighted by atomic mass is 19.4. The summed E-state index contributed by atoms with van der Waals surface area (Å²) in [5.41, 5.74) is 0.958. The van der Waals surface area contributed by atoms with E-state index < -0.39 is 11.7 Å². The summed E-state index contributed by atoms with van der Waals surface area (Å²) < 4.78 is 38.1. The van der Waals surface area contributed by atoms with Gasteiger partial charge in [-0.05, 0) is 49.6 Å². The van der Waals surface area contributed by atoms with Crippen LogP contribution in [0.25, 0.3) is 0 Å². The maximum absolute atomic E-state index is 12.7. The minimum Gasteiger partial charge on any atom is -0.343 e. The summed E-state index contributed by atoms with van der Waals surface area (Å²) in [6.45, 7) is 6.31. The number of likely N-dealkylation sites (tertiary alicyclic amines) is 1. The Bertz CT molecular complexity index is 571. The Hall–Kier alpha value is -1.56. The second kappa shape index (κ2) is 6.91. The zero-order chi connectivity index (χ0) is 17.2. The van der Waals surface area contributed by atoms with Crippen molar-refractivity contribution < 1.29 is 18.0 Å². The third-order valence-electron chi connectivity index (χ3n) is 4.41. The van der Waals surface area contributed by atoms with Gasteiger partial charge < -0.3 is 9.80 Å². The SMILES string of the molecule is CC(=O)N1CC[C@H](CN(C)Cc2ccc(C(F)(F)F)cc2C)C1. The number of carbonyl (C=O) groups excluding carboxylic acids is 1. The van der Waals surface area contributed by atoms with Crippen molar-refractivity contribution in [3.05, 3.63) is 34.9 Å². The average Bonchev–Trinajstić information content (AvgIpc) is 2.88. The van der Waals surface area contributed by atoms with Crippen LogP contribution in [0.1, 0.15) is 30.0 Å². The number of alkyl halides is 3. The predicted octanol–water partition coefficient (Wildman–Crippen LogP) is 3.31. The first-order valence-corrected chi connectivity index (χ1v) is 7.77. The Morgan fingerprint density at radius 2 is 2.09 bits per heavy atom. The van der Waals surface area contributed by atoms with Crippen molar-refractivity contribution in [2.24, 2.45) is 5.92 Å². The molecule has 1 aliphatic heterocycles. The highest BCUT2D eigenvalue weighted by Gasteiger charge is 2.30. The number of rotatable bonds is 4. The summed E-state index contributed by atoms with van der Waals surface area (Å²) in [7, 11) is 1.97. The number of nitrogens with zero attached hydrogens (tertiary/aromatic N) is 2. The maximum Gasteiger partial charge on any atom is 0.416 e. The lowest BCUT2D eigenvalue weighted by Crippen LogP contribution is -2.30. The van der Waals surface area contributed by atoms with Gasteiger partial charge in [0, 0.05) is 33.1 Å². The van der Waals surface area contributed by atoms with Gasteiger partial charge in [-0.3, -0.25) is 4.79 Å². The van der Waals surface area contributed by atoms with E-state index in [4.69, 9.17) is 0 Å². The Kier molecular flexibility index (Phi) is 5.34. The first-order valence-electron chi connectivity index (χ1n) is 7.77. The molecule has 0 unspecified atom stereocenters. The molecule has 1 saturated heterocycles. The summed E-state index contributed by atoms with van der Waals surface area (Å²) in [4.78, 5) is 15.3. The molecule has 23 heavy (non-hydrogen) atoms. The molecule has 1 aliphatic rings. The molecule has 3 nitrogen and oxygen atoms in total. The van der Waals surface area contributed by atoms with E-state index in [1.54, 1.807) is 19.9 Å². The van der Waals surface area contributed by atoms with Gasteiger partial charge in [-0.25, -0.2) is 0 Å². The molecule has 6 heteroatoms. The Morgan fingerprint density at radius 1 is 1.39 bits per heavy atom. The van der Waals surface area contributed by atoms with Gasteiger partial charge in [-0.2, -0.15) is 13.2 Å². The van der Waals surface area contributed by atoms with Gasteiger partial charge in [0.15, 0.2) is 0 Å². The second-order valence-electron chi connectivity index (χ2n) is 6.46. The molecule has 0 bridgehead atoms. The molecule has 0 radical (unpaired) electrons. The van der Waals surface area contributed by atoms with Crippen LogP contribution in [-0.4, -0.2) is 42.4 Å². The number of hydrogen-bond donors (Lipinski definition) is 0. The van der Waals surface area contributed by atoms with Crippen molar-refractivity contribution in [3.8, 4) is 0 Å². The molecule has 128 valence electrons. The van der Waals surface area contributed by atoms with Gasteiger partial charge in [0.05, 0.1) is 5.56 Å². The van der Waals surface area contributed by atoms with E-state index in [0.29, 0.717) is 18.0 Å². The van der Waals surface area contributed by atoms with Crippen LogP contribution < -0.4 is 0 Å². The van der Waals surface area contributed by atoms with Gasteiger partial charge in [0.2, 0.25) is 5.91 Å². The van der Waals surface area contributed by atoms with Crippen LogP contribution in [0.2, 0.25) is 0 Å². The summed E-state index contributed by atoms with van der Waals surface area (Å²) in [6.07, 6.45) is -3.31. The maximum atomic E-state index is 12.7. The molecule has 1 heterocycles. The molecule has 0 spiro atoms. The molecule has 2 rings (SSSR count). The monoisotopic (exact) mass is 328 g/mol. The van der Waals surface area contributed by atoms with Crippen molar-refractivity contribution in [2.75, 3.05) is 26.7 Å². The van der Waals surface area contributed by atoms with E-state index in [-0.39, 0.29) is 5.91 Å². The van der Waals surface area contributed by atoms with Gasteiger partial charge in [0.25, 0.3) is 0 Å². The highest BCUT2D eigenvalue weighted by molar-refractivity contribution is 5.73. The van der Waals surface area contributed by atoms with E-state index in [0.717, 1.165) is 37.7 Å². The molecule has 1 atom stereocenters. The lowest BCUT2D eigenvalue weighted by molar-refractivity contribution is -0.137. The molecule has 1 fully saturated rings. The van der Waals surface area contributed by atoms with Crippen LogP contribution in [-0.2, 0) is 17.5 Å². The average molecular weight is 328 g/mol. The normalized spacial score (nSPS) is 18.7. The minimum absolute atomic E-state index is 0.105. The summed E-state index contributed by atoms with van der Waals surface area (Å²) >= 11 is 0. The topological polar surface area (TPSA) is 23.6 Å². The molecule has 0 N–H and O–H groups in total. The van der Waals surface area contributed by atoms with Crippen molar-refractivity contribution in [1.82, 2.24) is 9.80 Å². The van der Waals surface area contributed by atoms with Crippen molar-refractivity contribution >= 4 is 5.91 Å². The third kappa shape index (κ3) is 4.70. The molecule has 1 aromatic rings. The zero-order valence-corrected chi connectivity index (χ0v) is 13.8. The predicted molar refractivity (Wildman–Crippen MR) is 82.9 cm³/mol. The number of aryl methyl sites for hydroxylation is 1. The van der Waals surface area contributed by atoms with E-state index in [1.165, 1.54) is 6.07 Å². The first kappa shape index (κ1) is 17.8. The molecule has 1 amide bonds. The third-order valence-corrected chi connectivity index (χ3v) is 4.41. The lowest BCUT2D eigenvalue weighted by Gasteiger charge is -2.22. The minimum atomic E-state index is -4.30. The van der Waals surface area contributed by atoms with Crippen molar-refractivity contribution in [1.29, 1.82) is 0 Å². The first-order chi connectivity index (χ1) is 10.7. The van der Waals surface area contributed by atoms with Crippen molar-refractivity contribution in [3.63, 3.8) is 0 Å². The number of benzene rings is 1. The molecule has 0 aliphatic carbocycles. The van der Waals surface area contributed by atoms with Crippen LogP contribution >= 0.6 is 0 Å². The van der Waals surface area contributed by atoms with E-state index in [1.807, 2.05) is 11.9 Å². The van der Waals surface area contributed by atoms with Crippen LogP contribution in [0.4, 0.5) is 13.2 Å². The number of hydrogen-bond acceptors (Lipinski definition) is 2. The fourth-order valence-electron chi connectivity index (χ4n) is 3.11. The Balaban J connectivity index is 1.93. The van der Waals surface area contributed by atoms with Gasteiger partial charge in [-0.15, -0.1) is 0 Å².